The van der Waals surface area contributed by atoms with E-state index in [2.05, 4.69) is 77.1 Å². The zero-order valence-electron chi connectivity index (χ0n) is 12.7. The standard InChI is InChI=1S/C17H22N3.ClH/c1-15-7-9-19(10-8-15)16-3-5-17(6-4-16)20-13-11-18(2)12-14-20;/h3-10H,11-14H2,1-2H3;1H/q+1;/p-1. The Hall–Kier alpha value is -1.58. The van der Waals surface area contributed by atoms with Crippen molar-refractivity contribution in [2.45, 2.75) is 6.92 Å². The topological polar surface area (TPSA) is 10.4 Å². The van der Waals surface area contributed by atoms with Gasteiger partial charge in [0.2, 0.25) is 5.69 Å². The SMILES string of the molecule is Cc1cc[n+](-c2ccc(N3CCN(C)CC3)cc2)cc1.[Cl-]. The van der Waals surface area contributed by atoms with E-state index in [9.17, 15) is 0 Å². The number of halogens is 1. The van der Waals surface area contributed by atoms with Crippen LogP contribution in [0.1, 0.15) is 5.56 Å². The van der Waals surface area contributed by atoms with Gasteiger partial charge in [-0.1, -0.05) is 0 Å². The number of hydrogen-bond donors (Lipinski definition) is 0. The molecule has 0 aliphatic carbocycles. The number of likely N-dealkylation sites (N-methyl/N-ethyl adjacent to an activating group) is 1. The highest BCUT2D eigenvalue weighted by Crippen LogP contribution is 2.17. The first-order chi connectivity index (χ1) is 9.72. The summed E-state index contributed by atoms with van der Waals surface area (Å²) >= 11 is 0. The minimum Gasteiger partial charge on any atom is -1.00 e. The maximum Gasteiger partial charge on any atom is 0.210 e. The molecule has 2 aromatic rings. The average Bonchev–Trinajstić information content (AvgIpc) is 2.49. The van der Waals surface area contributed by atoms with Crippen LogP contribution in [0, 0.1) is 6.92 Å². The zero-order chi connectivity index (χ0) is 13.9. The highest BCUT2D eigenvalue weighted by molar-refractivity contribution is 5.49. The molecule has 112 valence electrons. The predicted octanol–water partition coefficient (Wildman–Crippen LogP) is -0.972. The van der Waals surface area contributed by atoms with Crippen molar-refractivity contribution in [3.05, 3.63) is 54.4 Å². The summed E-state index contributed by atoms with van der Waals surface area (Å²) in [6, 6.07) is 13.1. The number of aryl methyl sites for hydroxylation is 1. The summed E-state index contributed by atoms with van der Waals surface area (Å²) < 4.78 is 2.15. The minimum absolute atomic E-state index is 0. The van der Waals surface area contributed by atoms with Crippen LogP contribution in [0.15, 0.2) is 48.8 Å². The van der Waals surface area contributed by atoms with Crippen LogP contribution in [-0.4, -0.2) is 38.1 Å². The number of nitrogens with zero attached hydrogens (tertiary/aromatic N) is 3. The van der Waals surface area contributed by atoms with E-state index < -0.39 is 0 Å². The molecule has 1 aromatic carbocycles. The van der Waals surface area contributed by atoms with Crippen LogP contribution in [0.4, 0.5) is 5.69 Å². The molecule has 0 spiro atoms. The molecule has 0 bridgehead atoms. The van der Waals surface area contributed by atoms with Crippen LogP contribution in [-0.2, 0) is 0 Å². The molecule has 1 aromatic heterocycles. The number of aromatic nitrogens is 1. The van der Waals surface area contributed by atoms with Gasteiger partial charge in [-0.3, -0.25) is 0 Å². The average molecular weight is 304 g/mol. The number of piperazine rings is 1. The van der Waals surface area contributed by atoms with Crippen LogP contribution in [0.3, 0.4) is 0 Å². The molecule has 0 saturated carbocycles. The van der Waals surface area contributed by atoms with Crippen molar-refractivity contribution < 1.29 is 17.0 Å². The van der Waals surface area contributed by atoms with Gasteiger partial charge in [0.1, 0.15) is 0 Å². The van der Waals surface area contributed by atoms with Gasteiger partial charge >= 0.3 is 0 Å². The molecule has 4 heteroatoms. The Morgan fingerprint density at radius 3 is 2.00 bits per heavy atom. The lowest BCUT2D eigenvalue weighted by Crippen LogP contribution is -3.00. The first kappa shape index (κ1) is 15.8. The lowest BCUT2D eigenvalue weighted by Gasteiger charge is -2.33. The summed E-state index contributed by atoms with van der Waals surface area (Å²) in [4.78, 5) is 4.84. The van der Waals surface area contributed by atoms with E-state index in [0.29, 0.717) is 0 Å². The van der Waals surface area contributed by atoms with Gasteiger partial charge in [-0.15, -0.1) is 0 Å². The molecule has 1 saturated heterocycles. The Morgan fingerprint density at radius 2 is 1.43 bits per heavy atom. The maximum absolute atomic E-state index is 2.46. The van der Waals surface area contributed by atoms with Gasteiger partial charge in [-0.2, -0.15) is 4.57 Å². The third-order valence-corrected chi connectivity index (χ3v) is 4.01. The largest absolute Gasteiger partial charge is 1.00 e. The predicted molar refractivity (Wildman–Crippen MR) is 82.4 cm³/mol. The van der Waals surface area contributed by atoms with Crippen LogP contribution < -0.4 is 21.9 Å². The number of hydrogen-bond acceptors (Lipinski definition) is 2. The van der Waals surface area contributed by atoms with Gasteiger partial charge in [0.05, 0.1) is 0 Å². The van der Waals surface area contributed by atoms with E-state index >= 15 is 0 Å². The molecule has 1 aliphatic rings. The lowest BCUT2D eigenvalue weighted by molar-refractivity contribution is -0.595. The van der Waals surface area contributed by atoms with E-state index in [0.717, 1.165) is 26.2 Å². The van der Waals surface area contributed by atoms with Gasteiger partial charge < -0.3 is 22.2 Å². The second-order valence-electron chi connectivity index (χ2n) is 5.59. The fourth-order valence-electron chi connectivity index (χ4n) is 2.57. The van der Waals surface area contributed by atoms with E-state index in [1.807, 2.05) is 0 Å². The van der Waals surface area contributed by atoms with Crippen molar-refractivity contribution >= 4 is 5.69 Å². The highest BCUT2D eigenvalue weighted by Gasteiger charge is 2.14. The molecule has 0 radical (unpaired) electrons. The summed E-state index contributed by atoms with van der Waals surface area (Å²) in [5.74, 6) is 0. The van der Waals surface area contributed by atoms with Gasteiger partial charge in [-0.05, 0) is 31.7 Å². The van der Waals surface area contributed by atoms with E-state index in [1.165, 1.54) is 16.9 Å². The quantitative estimate of drug-likeness (QED) is 0.661. The second-order valence-corrected chi connectivity index (χ2v) is 5.59. The number of pyridine rings is 1. The lowest BCUT2D eigenvalue weighted by atomic mass is 10.2. The molecule has 3 nitrogen and oxygen atoms in total. The van der Waals surface area contributed by atoms with Crippen molar-refractivity contribution in [3.63, 3.8) is 0 Å². The maximum atomic E-state index is 2.46. The van der Waals surface area contributed by atoms with E-state index in [1.54, 1.807) is 0 Å². The fraction of sp³-hybridized carbons (Fsp3) is 0.353. The molecular formula is C17H22ClN3. The fourth-order valence-corrected chi connectivity index (χ4v) is 2.57. The molecule has 3 rings (SSSR count). The first-order valence-electron chi connectivity index (χ1n) is 7.24. The monoisotopic (exact) mass is 303 g/mol. The van der Waals surface area contributed by atoms with Crippen molar-refractivity contribution in [1.82, 2.24) is 4.90 Å². The third kappa shape index (κ3) is 3.74. The smallest absolute Gasteiger partial charge is 0.210 e. The Kier molecular flexibility index (Phi) is 5.21. The van der Waals surface area contributed by atoms with Crippen molar-refractivity contribution in [1.29, 1.82) is 0 Å². The summed E-state index contributed by atoms with van der Waals surface area (Å²) in [7, 11) is 2.19. The summed E-state index contributed by atoms with van der Waals surface area (Å²) in [6.45, 7) is 6.64. The van der Waals surface area contributed by atoms with Crippen LogP contribution in [0.2, 0.25) is 0 Å². The Morgan fingerprint density at radius 1 is 0.857 bits per heavy atom. The second kappa shape index (κ2) is 6.92. The molecule has 21 heavy (non-hydrogen) atoms. The molecule has 1 fully saturated rings. The van der Waals surface area contributed by atoms with Gasteiger partial charge in [0.15, 0.2) is 12.4 Å². The van der Waals surface area contributed by atoms with Crippen molar-refractivity contribution in [3.8, 4) is 5.69 Å². The van der Waals surface area contributed by atoms with E-state index in [-0.39, 0.29) is 12.4 Å². The van der Waals surface area contributed by atoms with Gasteiger partial charge in [0, 0.05) is 56.1 Å². The molecule has 0 amide bonds. The Labute approximate surface area is 133 Å². The summed E-state index contributed by atoms with van der Waals surface area (Å²) in [6.07, 6.45) is 4.22. The molecular weight excluding hydrogens is 282 g/mol. The highest BCUT2D eigenvalue weighted by atomic mass is 35.5. The normalized spacial score (nSPS) is 15.6. The van der Waals surface area contributed by atoms with Gasteiger partial charge in [0.25, 0.3) is 0 Å². The third-order valence-electron chi connectivity index (χ3n) is 4.01. The summed E-state index contributed by atoms with van der Waals surface area (Å²) in [5.41, 5.74) is 3.83. The molecule has 2 heterocycles. The van der Waals surface area contributed by atoms with Gasteiger partial charge in [-0.25, -0.2) is 0 Å². The van der Waals surface area contributed by atoms with Crippen LogP contribution >= 0.6 is 0 Å². The van der Waals surface area contributed by atoms with Crippen LogP contribution in [0.5, 0.6) is 0 Å². The summed E-state index contributed by atoms with van der Waals surface area (Å²) in [5, 5.41) is 0. The Balaban J connectivity index is 0.00000161. The minimum atomic E-state index is 0. The Bertz CT molecular complexity index is 558. The number of benzene rings is 1. The molecule has 0 unspecified atom stereocenters. The molecule has 1 aliphatic heterocycles. The molecule has 0 N–H and O–H groups in total. The number of rotatable bonds is 2. The van der Waals surface area contributed by atoms with Crippen molar-refractivity contribution in [2.24, 2.45) is 0 Å². The van der Waals surface area contributed by atoms with E-state index in [4.69, 9.17) is 0 Å². The number of anilines is 1. The molecule has 0 atom stereocenters. The first-order valence-corrected chi connectivity index (χ1v) is 7.24. The van der Waals surface area contributed by atoms with Crippen LogP contribution in [0.25, 0.3) is 5.69 Å². The van der Waals surface area contributed by atoms with Crippen molar-refractivity contribution in [2.75, 3.05) is 38.1 Å². The zero-order valence-corrected chi connectivity index (χ0v) is 13.4.